The van der Waals surface area contributed by atoms with Gasteiger partial charge in [0.15, 0.2) is 0 Å². The van der Waals surface area contributed by atoms with E-state index in [9.17, 15) is 0 Å². The second-order valence-electron chi connectivity index (χ2n) is 10.5. The third-order valence-electron chi connectivity index (χ3n) is 8.10. The minimum absolute atomic E-state index is 0.353. The Balaban J connectivity index is 1.40. The Morgan fingerprint density at radius 2 is 1.29 bits per heavy atom. The first-order valence-electron chi connectivity index (χ1n) is 13.8. The van der Waals surface area contributed by atoms with Crippen molar-refractivity contribution in [2.45, 2.75) is 20.3 Å². The first kappa shape index (κ1) is 23.4. The summed E-state index contributed by atoms with van der Waals surface area (Å²) in [6.45, 7) is 0. The van der Waals surface area contributed by atoms with E-state index in [0.29, 0.717) is 10.5 Å². The third kappa shape index (κ3) is 3.56. The smallest absolute Gasteiger partial charge is 0.0985 e. The molecule has 6 aromatic rings. The number of hydrogen-bond acceptors (Lipinski definition) is 5. The highest BCUT2D eigenvalue weighted by Crippen LogP contribution is 2.65. The van der Waals surface area contributed by atoms with E-state index < -0.39 is 0 Å². The number of thioether (sulfide) groups is 1. The van der Waals surface area contributed by atoms with Crippen LogP contribution in [0.25, 0.3) is 33.5 Å². The lowest BCUT2D eigenvalue weighted by molar-refractivity contribution is 1.06. The van der Waals surface area contributed by atoms with Crippen molar-refractivity contribution in [1.29, 1.82) is 0 Å². The molecule has 0 amide bonds. The number of para-hydroxylation sites is 4. The summed E-state index contributed by atoms with van der Waals surface area (Å²) in [6, 6.07) is 40.7. The van der Waals surface area contributed by atoms with E-state index in [0.717, 1.165) is 33.5 Å². The Morgan fingerprint density at radius 3 is 2.10 bits per heavy atom. The summed E-state index contributed by atoms with van der Waals surface area (Å²) in [5, 5.41) is 0.707. The molecule has 5 aromatic carbocycles. The van der Waals surface area contributed by atoms with Gasteiger partial charge in [-0.25, -0.2) is 9.97 Å². The van der Waals surface area contributed by atoms with Gasteiger partial charge in [0.05, 0.1) is 39.0 Å². The molecule has 4 heterocycles. The third-order valence-corrected chi connectivity index (χ3v) is 10.7. The van der Waals surface area contributed by atoms with Crippen molar-refractivity contribution in [2.75, 3.05) is 4.90 Å². The van der Waals surface area contributed by atoms with Crippen molar-refractivity contribution >= 4 is 51.6 Å². The Labute approximate surface area is 247 Å². The molecule has 41 heavy (non-hydrogen) atoms. The van der Waals surface area contributed by atoms with Gasteiger partial charge in [-0.2, -0.15) is 0 Å². The second-order valence-corrected chi connectivity index (χ2v) is 12.8. The molecule has 0 saturated carbocycles. The van der Waals surface area contributed by atoms with Crippen LogP contribution >= 0.6 is 23.5 Å². The summed E-state index contributed by atoms with van der Waals surface area (Å²) in [6.07, 6.45) is 4.76. The zero-order valence-electron chi connectivity index (χ0n) is 21.9. The summed E-state index contributed by atoms with van der Waals surface area (Å²) in [5.41, 5.74) is 12.4. The number of nitrogens with zero attached hydrogens (tertiary/aromatic N) is 3. The van der Waals surface area contributed by atoms with E-state index in [4.69, 9.17) is 9.97 Å². The van der Waals surface area contributed by atoms with Gasteiger partial charge < -0.3 is 4.90 Å². The van der Waals surface area contributed by atoms with Gasteiger partial charge in [0.25, 0.3) is 0 Å². The Morgan fingerprint density at radius 1 is 0.634 bits per heavy atom. The van der Waals surface area contributed by atoms with Gasteiger partial charge in [-0.05, 0) is 53.6 Å². The predicted octanol–water partition coefficient (Wildman–Crippen LogP) is 10.3. The molecule has 0 saturated heterocycles. The zero-order valence-corrected chi connectivity index (χ0v) is 23.6. The minimum Gasteiger partial charge on any atom is -0.308 e. The highest BCUT2D eigenvalue weighted by Gasteiger charge is 2.41. The number of aromatic nitrogens is 2. The molecule has 0 aliphatic carbocycles. The van der Waals surface area contributed by atoms with Crippen LogP contribution in [0.1, 0.15) is 21.6 Å². The van der Waals surface area contributed by atoms with Crippen molar-refractivity contribution in [3.05, 3.63) is 139 Å². The second kappa shape index (κ2) is 9.10. The summed E-state index contributed by atoms with van der Waals surface area (Å²) in [4.78, 5) is 15.5. The van der Waals surface area contributed by atoms with E-state index >= 15 is 0 Å². The summed E-state index contributed by atoms with van der Waals surface area (Å²) < 4.78 is 0. The lowest BCUT2D eigenvalue weighted by atomic mass is 9.90. The lowest BCUT2D eigenvalue weighted by Gasteiger charge is -2.37. The van der Waals surface area contributed by atoms with Crippen LogP contribution in [0.4, 0.5) is 17.1 Å². The van der Waals surface area contributed by atoms with E-state index in [1.54, 1.807) is 0 Å². The highest BCUT2D eigenvalue weighted by molar-refractivity contribution is 8.00. The van der Waals surface area contributed by atoms with Crippen molar-refractivity contribution in [3.8, 4) is 22.5 Å². The fourth-order valence-electron chi connectivity index (χ4n) is 6.30. The number of rotatable bonds is 3. The molecule has 1 aromatic heterocycles. The molecule has 2 atom stereocenters. The number of benzene rings is 5. The molecule has 2 bridgehead atoms. The standard InChI is InChI=1S/C36H23N3S2/c1-3-11-22(12-4-1)33-34(38-27-16-8-7-15-26(27)37-33)25-21-24-29-19-20-31(40-29)32(24)35-36(25)41-30-18-10-9-17-28(30)39(35)23-13-5-2-6-14-23/h1-21,29,31H. The Bertz CT molecular complexity index is 2020. The molecular formula is C36H23N3S2. The van der Waals surface area contributed by atoms with Crippen LogP contribution in [0.2, 0.25) is 0 Å². The summed E-state index contributed by atoms with van der Waals surface area (Å²) in [7, 11) is 0. The van der Waals surface area contributed by atoms with E-state index in [1.807, 2.05) is 35.7 Å². The zero-order chi connectivity index (χ0) is 26.9. The van der Waals surface area contributed by atoms with Crippen LogP contribution < -0.4 is 4.90 Å². The number of fused-ring (bicyclic) bond motifs is 9. The summed E-state index contributed by atoms with van der Waals surface area (Å²) >= 11 is 3.90. The fourth-order valence-corrected chi connectivity index (χ4v) is 8.90. The van der Waals surface area contributed by atoms with Crippen molar-refractivity contribution in [3.63, 3.8) is 0 Å². The van der Waals surface area contributed by atoms with Crippen LogP contribution in [0.3, 0.4) is 0 Å². The molecule has 0 fully saturated rings. The quantitative estimate of drug-likeness (QED) is 0.200. The molecule has 3 aliphatic rings. The van der Waals surface area contributed by atoms with Crippen molar-refractivity contribution < 1.29 is 0 Å². The average Bonchev–Trinajstić information content (AvgIpc) is 3.66. The van der Waals surface area contributed by atoms with E-state index in [-0.39, 0.29) is 0 Å². The van der Waals surface area contributed by atoms with Crippen LogP contribution in [-0.2, 0) is 0 Å². The van der Waals surface area contributed by atoms with Gasteiger partial charge in [-0.15, -0.1) is 11.8 Å². The molecule has 0 N–H and O–H groups in total. The molecule has 0 radical (unpaired) electrons. The minimum atomic E-state index is 0.353. The van der Waals surface area contributed by atoms with Gasteiger partial charge in [-0.1, -0.05) is 96.7 Å². The molecule has 2 unspecified atom stereocenters. The topological polar surface area (TPSA) is 29.0 Å². The highest BCUT2D eigenvalue weighted by atomic mass is 32.2. The summed E-state index contributed by atoms with van der Waals surface area (Å²) in [5.74, 6) is 0. The normalized spacial score (nSPS) is 17.9. The molecule has 3 nitrogen and oxygen atoms in total. The molecule has 0 spiro atoms. The van der Waals surface area contributed by atoms with E-state index in [2.05, 4.69) is 120 Å². The largest absolute Gasteiger partial charge is 0.308 e. The Kier molecular flexibility index (Phi) is 5.19. The number of anilines is 3. The molecule has 3 aliphatic heterocycles. The van der Waals surface area contributed by atoms with Gasteiger partial charge >= 0.3 is 0 Å². The number of hydrogen-bond donors (Lipinski definition) is 0. The Hall–Kier alpha value is -4.32. The molecule has 194 valence electrons. The lowest BCUT2D eigenvalue weighted by Crippen LogP contribution is -2.18. The molecular weight excluding hydrogens is 539 g/mol. The molecule has 5 heteroatoms. The van der Waals surface area contributed by atoms with Crippen LogP contribution in [0, 0.1) is 0 Å². The SMILES string of the molecule is C1=CC2SC1c1cc(-c3nc4ccccc4nc3-c3ccccc3)c3c(c12)N(c1ccccc1)c1ccccc1S3. The van der Waals surface area contributed by atoms with Crippen LogP contribution in [-0.4, -0.2) is 9.97 Å². The first-order chi connectivity index (χ1) is 20.3. The van der Waals surface area contributed by atoms with Crippen molar-refractivity contribution in [1.82, 2.24) is 9.97 Å². The van der Waals surface area contributed by atoms with Crippen LogP contribution in [0.5, 0.6) is 0 Å². The fraction of sp³-hybridized carbons (Fsp3) is 0.0556. The van der Waals surface area contributed by atoms with Gasteiger partial charge in [0.1, 0.15) is 0 Å². The van der Waals surface area contributed by atoms with Gasteiger partial charge in [0.2, 0.25) is 0 Å². The first-order valence-corrected chi connectivity index (χ1v) is 15.6. The predicted molar refractivity (Wildman–Crippen MR) is 171 cm³/mol. The van der Waals surface area contributed by atoms with Gasteiger partial charge in [0, 0.05) is 31.9 Å². The van der Waals surface area contributed by atoms with Crippen molar-refractivity contribution in [2.24, 2.45) is 0 Å². The van der Waals surface area contributed by atoms with Gasteiger partial charge in [-0.3, -0.25) is 0 Å². The molecule has 9 rings (SSSR count). The maximum absolute atomic E-state index is 5.35. The van der Waals surface area contributed by atoms with E-state index in [1.165, 1.54) is 38.0 Å². The monoisotopic (exact) mass is 561 g/mol. The maximum atomic E-state index is 5.35. The van der Waals surface area contributed by atoms with Crippen LogP contribution in [0.15, 0.2) is 137 Å². The maximum Gasteiger partial charge on any atom is 0.0985 e. The average molecular weight is 562 g/mol.